The number of carbonyl (C=O) groups is 1. The first kappa shape index (κ1) is 14.3. The number of nitrogens with one attached hydrogen (secondary N) is 1. The quantitative estimate of drug-likeness (QED) is 0.931. The molecule has 0 aliphatic carbocycles. The summed E-state index contributed by atoms with van der Waals surface area (Å²) in [5.74, 6) is -1.48. The molecule has 0 bridgehead atoms. The molecule has 0 spiro atoms. The molecule has 1 aromatic heterocycles. The summed E-state index contributed by atoms with van der Waals surface area (Å²) < 4.78 is 44.3. The fourth-order valence-corrected chi connectivity index (χ4v) is 1.30. The smallest absolute Gasteiger partial charge is 0.406 e. The van der Waals surface area contributed by atoms with Crippen LogP contribution in [0.1, 0.15) is 16.2 Å². The van der Waals surface area contributed by atoms with Gasteiger partial charge in [-0.1, -0.05) is 10.2 Å². The second-order valence-electron chi connectivity index (χ2n) is 3.55. The number of rotatable bonds is 3. The van der Waals surface area contributed by atoms with Gasteiger partial charge in [0.1, 0.15) is 5.75 Å². The van der Waals surface area contributed by atoms with Gasteiger partial charge in [-0.25, -0.2) is 0 Å². The van der Waals surface area contributed by atoms with Crippen LogP contribution in [0.4, 0.5) is 19.2 Å². The summed E-state index contributed by atoms with van der Waals surface area (Å²) in [6.07, 6.45) is -4.80. The highest BCUT2D eigenvalue weighted by Crippen LogP contribution is 2.22. The maximum Gasteiger partial charge on any atom is 0.573 e. The van der Waals surface area contributed by atoms with Crippen molar-refractivity contribution in [3.63, 3.8) is 0 Å². The fourth-order valence-electron chi connectivity index (χ4n) is 1.30. The molecule has 7 nitrogen and oxygen atoms in total. The summed E-state index contributed by atoms with van der Waals surface area (Å²) in [6, 6.07) is 5.49. The lowest BCUT2D eigenvalue weighted by Gasteiger charge is -2.08. The zero-order valence-corrected chi connectivity index (χ0v) is 10.0. The van der Waals surface area contributed by atoms with Crippen molar-refractivity contribution in [3.05, 3.63) is 35.7 Å². The lowest BCUT2D eigenvalue weighted by atomic mass is 10.2. The van der Waals surface area contributed by atoms with E-state index in [0.29, 0.717) is 0 Å². The van der Waals surface area contributed by atoms with E-state index in [0.717, 1.165) is 24.3 Å². The molecule has 0 atom stereocenters. The summed E-state index contributed by atoms with van der Waals surface area (Å²) in [7, 11) is 0. The van der Waals surface area contributed by atoms with Crippen molar-refractivity contribution in [2.45, 2.75) is 6.36 Å². The maximum absolute atomic E-state index is 12.0. The van der Waals surface area contributed by atoms with Gasteiger partial charge in [0.05, 0.1) is 0 Å². The van der Waals surface area contributed by atoms with Crippen LogP contribution in [0.15, 0.2) is 28.7 Å². The Balaban J connectivity index is 2.04. The lowest BCUT2D eigenvalue weighted by Crippen LogP contribution is -2.17. The number of carbonyl (C=O) groups excluding carboxylic acids is 1. The number of alkyl halides is 3. The van der Waals surface area contributed by atoms with Crippen LogP contribution >= 0.6 is 0 Å². The van der Waals surface area contributed by atoms with Crippen LogP contribution in [0.5, 0.6) is 5.75 Å². The fraction of sp³-hybridized carbons (Fsp3) is 0.0909. The number of amides is 1. The van der Waals surface area contributed by atoms with Gasteiger partial charge in [-0.05, 0) is 24.3 Å². The standard InChI is InChI=1S/C11H5F3N4O3/c12-11(13,14)21-7-3-1-6(2-4-7)9(19)16-10-18-17-8(5-15)20-10/h1-4H,(H,16,18,19). The Labute approximate surface area is 114 Å². The summed E-state index contributed by atoms with van der Waals surface area (Å²) in [5, 5.41) is 17.3. The van der Waals surface area contributed by atoms with E-state index in [1.54, 1.807) is 6.07 Å². The van der Waals surface area contributed by atoms with E-state index in [1.165, 1.54) is 0 Å². The highest BCUT2D eigenvalue weighted by Gasteiger charge is 2.31. The lowest BCUT2D eigenvalue weighted by molar-refractivity contribution is -0.274. The first-order valence-corrected chi connectivity index (χ1v) is 5.28. The SMILES string of the molecule is N#Cc1nnc(NC(=O)c2ccc(OC(F)(F)F)cc2)o1. The highest BCUT2D eigenvalue weighted by atomic mass is 19.4. The Hall–Kier alpha value is -3.09. The van der Waals surface area contributed by atoms with Gasteiger partial charge in [0.25, 0.3) is 5.91 Å². The second kappa shape index (κ2) is 5.49. The van der Waals surface area contributed by atoms with Crippen LogP contribution in [0, 0.1) is 11.3 Å². The van der Waals surface area contributed by atoms with Gasteiger partial charge in [0.15, 0.2) is 6.07 Å². The number of benzene rings is 1. The Bertz CT molecular complexity index is 688. The minimum absolute atomic E-state index is 0.0428. The van der Waals surface area contributed by atoms with E-state index in [-0.39, 0.29) is 17.5 Å². The van der Waals surface area contributed by atoms with Crippen molar-refractivity contribution in [3.8, 4) is 11.8 Å². The number of aromatic nitrogens is 2. The summed E-state index contributed by atoms with van der Waals surface area (Å²) >= 11 is 0. The molecule has 1 amide bonds. The summed E-state index contributed by atoms with van der Waals surface area (Å²) in [4.78, 5) is 11.7. The molecule has 2 rings (SSSR count). The molecular weight excluding hydrogens is 293 g/mol. The number of hydrogen-bond donors (Lipinski definition) is 1. The number of anilines is 1. The van der Waals surface area contributed by atoms with E-state index < -0.39 is 18.0 Å². The average molecular weight is 298 g/mol. The Morgan fingerprint density at radius 2 is 1.95 bits per heavy atom. The highest BCUT2D eigenvalue weighted by molar-refractivity contribution is 6.03. The topological polar surface area (TPSA) is 101 Å². The zero-order valence-electron chi connectivity index (χ0n) is 10.0. The third-order valence-corrected chi connectivity index (χ3v) is 2.09. The molecule has 10 heteroatoms. The number of nitrogens with zero attached hydrogens (tertiary/aromatic N) is 3. The van der Waals surface area contributed by atoms with Crippen molar-refractivity contribution < 1.29 is 27.1 Å². The number of ether oxygens (including phenoxy) is 1. The van der Waals surface area contributed by atoms with Crippen LogP contribution < -0.4 is 10.1 Å². The molecule has 2 aromatic rings. The van der Waals surface area contributed by atoms with Gasteiger partial charge < -0.3 is 9.15 Å². The van der Waals surface area contributed by atoms with Gasteiger partial charge in [-0.3, -0.25) is 10.1 Å². The van der Waals surface area contributed by atoms with Crippen LogP contribution in [-0.4, -0.2) is 22.5 Å². The molecular formula is C11H5F3N4O3. The molecule has 0 radical (unpaired) electrons. The molecule has 0 saturated heterocycles. The molecule has 0 aliphatic rings. The third kappa shape index (κ3) is 3.93. The van der Waals surface area contributed by atoms with Gasteiger partial charge in [-0.2, -0.15) is 5.26 Å². The third-order valence-electron chi connectivity index (χ3n) is 2.09. The predicted octanol–water partition coefficient (Wildman–Crippen LogP) is 2.09. The van der Waals surface area contributed by atoms with Crippen LogP contribution in [0.25, 0.3) is 0 Å². The van der Waals surface area contributed by atoms with E-state index in [4.69, 9.17) is 9.68 Å². The predicted molar refractivity (Wildman–Crippen MR) is 60.1 cm³/mol. The number of hydrogen-bond acceptors (Lipinski definition) is 6. The van der Waals surface area contributed by atoms with Gasteiger partial charge in [-0.15, -0.1) is 13.2 Å². The van der Waals surface area contributed by atoms with E-state index in [2.05, 4.69) is 20.3 Å². The monoisotopic (exact) mass is 298 g/mol. The molecule has 0 fully saturated rings. The molecule has 0 saturated carbocycles. The largest absolute Gasteiger partial charge is 0.573 e. The number of halogens is 3. The van der Waals surface area contributed by atoms with Crippen molar-refractivity contribution in [1.82, 2.24) is 10.2 Å². The van der Waals surface area contributed by atoms with Gasteiger partial charge in [0.2, 0.25) is 0 Å². The van der Waals surface area contributed by atoms with Crippen LogP contribution in [0.3, 0.4) is 0 Å². The van der Waals surface area contributed by atoms with E-state index >= 15 is 0 Å². The van der Waals surface area contributed by atoms with Crippen molar-refractivity contribution in [2.75, 3.05) is 5.32 Å². The minimum atomic E-state index is -4.80. The normalized spacial score (nSPS) is 10.8. The number of nitriles is 1. The Morgan fingerprint density at radius 1 is 1.29 bits per heavy atom. The second-order valence-corrected chi connectivity index (χ2v) is 3.55. The molecule has 1 N–H and O–H groups in total. The maximum atomic E-state index is 12.0. The average Bonchev–Trinajstić information content (AvgIpc) is 2.85. The van der Waals surface area contributed by atoms with Gasteiger partial charge in [0, 0.05) is 5.56 Å². The molecule has 1 heterocycles. The molecule has 21 heavy (non-hydrogen) atoms. The molecule has 0 unspecified atom stereocenters. The molecule has 0 aliphatic heterocycles. The Morgan fingerprint density at radius 3 is 2.48 bits per heavy atom. The first-order valence-electron chi connectivity index (χ1n) is 5.28. The zero-order chi connectivity index (χ0) is 15.5. The van der Waals surface area contributed by atoms with E-state index in [9.17, 15) is 18.0 Å². The molecule has 108 valence electrons. The van der Waals surface area contributed by atoms with Crippen molar-refractivity contribution in [2.24, 2.45) is 0 Å². The van der Waals surface area contributed by atoms with Crippen molar-refractivity contribution in [1.29, 1.82) is 5.26 Å². The van der Waals surface area contributed by atoms with Crippen LogP contribution in [0.2, 0.25) is 0 Å². The first-order chi connectivity index (χ1) is 9.87. The summed E-state index contributed by atoms with van der Waals surface area (Å²) in [6.45, 7) is 0. The summed E-state index contributed by atoms with van der Waals surface area (Å²) in [5.41, 5.74) is 0.0428. The van der Waals surface area contributed by atoms with E-state index in [1.807, 2.05) is 0 Å². The molecule has 1 aromatic carbocycles. The van der Waals surface area contributed by atoms with Crippen molar-refractivity contribution >= 4 is 11.9 Å². The van der Waals surface area contributed by atoms with Crippen LogP contribution in [-0.2, 0) is 0 Å². The minimum Gasteiger partial charge on any atom is -0.406 e. The van der Waals surface area contributed by atoms with Gasteiger partial charge >= 0.3 is 18.3 Å². The Kier molecular flexibility index (Phi) is 3.75.